The van der Waals surface area contributed by atoms with Gasteiger partial charge in [0.15, 0.2) is 0 Å². The van der Waals surface area contributed by atoms with Crippen molar-refractivity contribution in [2.24, 2.45) is 5.73 Å². The van der Waals surface area contributed by atoms with Gasteiger partial charge in [-0.3, -0.25) is 9.59 Å². The van der Waals surface area contributed by atoms with Crippen molar-refractivity contribution in [2.45, 2.75) is 45.2 Å². The van der Waals surface area contributed by atoms with Gasteiger partial charge in [-0.05, 0) is 38.3 Å². The highest BCUT2D eigenvalue weighted by molar-refractivity contribution is 5.92. The van der Waals surface area contributed by atoms with Gasteiger partial charge in [0.1, 0.15) is 11.9 Å². The second-order valence-electron chi connectivity index (χ2n) is 6.17. The first kappa shape index (κ1) is 18.7. The van der Waals surface area contributed by atoms with E-state index in [4.69, 9.17) is 11.0 Å². The molecule has 0 spiro atoms. The predicted octanol–water partition coefficient (Wildman–Crippen LogP) is 1.12. The lowest BCUT2D eigenvalue weighted by molar-refractivity contribution is -0.132. The molecule has 134 valence electrons. The van der Waals surface area contributed by atoms with E-state index in [9.17, 15) is 9.59 Å². The Morgan fingerprint density at radius 2 is 2.32 bits per heavy atom. The Labute approximate surface area is 147 Å². The van der Waals surface area contributed by atoms with Gasteiger partial charge in [0, 0.05) is 18.8 Å². The molecular formula is C17H24N6O2. The van der Waals surface area contributed by atoms with Crippen LogP contribution in [-0.4, -0.2) is 51.9 Å². The number of hydrogen-bond donors (Lipinski definition) is 2. The number of hydrogen-bond acceptors (Lipinski definition) is 6. The Hall–Kier alpha value is -2.66. The van der Waals surface area contributed by atoms with E-state index in [-0.39, 0.29) is 24.5 Å². The lowest BCUT2D eigenvalue weighted by Gasteiger charge is -2.31. The number of nitrogens with zero attached hydrogens (tertiary/aromatic N) is 4. The number of hydrazine groups is 1. The molecule has 2 atom stereocenters. The van der Waals surface area contributed by atoms with Crippen molar-refractivity contribution in [3.63, 3.8) is 0 Å². The molecule has 0 bridgehead atoms. The van der Waals surface area contributed by atoms with Crippen molar-refractivity contribution in [1.82, 2.24) is 14.9 Å². The molecule has 0 saturated carbocycles. The van der Waals surface area contributed by atoms with Gasteiger partial charge in [0.25, 0.3) is 0 Å². The number of anilines is 1. The summed E-state index contributed by atoms with van der Waals surface area (Å²) in [6, 6.07) is 5.17. The van der Waals surface area contributed by atoms with Gasteiger partial charge in [-0.25, -0.2) is 9.99 Å². The van der Waals surface area contributed by atoms with Crippen molar-refractivity contribution in [3.05, 3.63) is 23.9 Å². The van der Waals surface area contributed by atoms with Crippen LogP contribution in [0, 0.1) is 11.3 Å². The molecule has 8 heteroatoms. The van der Waals surface area contributed by atoms with Gasteiger partial charge in [0.05, 0.1) is 18.2 Å². The van der Waals surface area contributed by atoms with Gasteiger partial charge < -0.3 is 16.1 Å². The number of aromatic nitrogens is 1. The quantitative estimate of drug-likeness (QED) is 0.716. The number of likely N-dealkylation sites (tertiary alicyclic amines) is 1. The summed E-state index contributed by atoms with van der Waals surface area (Å²) in [5, 5.41) is 11.0. The molecule has 2 heterocycles. The molecule has 3 N–H and O–H groups in total. The minimum atomic E-state index is -0.537. The second kappa shape index (κ2) is 8.44. The average molecular weight is 344 g/mol. The molecule has 0 aliphatic carbocycles. The summed E-state index contributed by atoms with van der Waals surface area (Å²) < 4.78 is 0. The van der Waals surface area contributed by atoms with E-state index >= 15 is 0 Å². The number of carbonyl (C=O) groups excluding carboxylic acids is 2. The lowest BCUT2D eigenvalue weighted by Crippen LogP contribution is -2.47. The first-order valence-electron chi connectivity index (χ1n) is 8.44. The zero-order valence-corrected chi connectivity index (χ0v) is 14.6. The molecule has 1 aliphatic rings. The molecule has 2 rings (SSSR count). The van der Waals surface area contributed by atoms with E-state index in [0.29, 0.717) is 17.9 Å². The maximum Gasteiger partial charge on any atom is 0.250 e. The molecule has 1 unspecified atom stereocenters. The summed E-state index contributed by atoms with van der Waals surface area (Å²) in [6.45, 7) is 4.80. The Morgan fingerprint density at radius 1 is 1.56 bits per heavy atom. The number of nitrogens with two attached hydrogens (primary N) is 1. The number of primary amides is 1. The molecule has 1 aromatic heterocycles. The average Bonchev–Trinajstić information content (AvgIpc) is 3.09. The van der Waals surface area contributed by atoms with E-state index in [2.05, 4.69) is 16.5 Å². The smallest absolute Gasteiger partial charge is 0.250 e. The van der Waals surface area contributed by atoms with Gasteiger partial charge >= 0.3 is 0 Å². The topological polar surface area (TPSA) is 115 Å². The zero-order chi connectivity index (χ0) is 18.4. The van der Waals surface area contributed by atoms with Crippen molar-refractivity contribution < 1.29 is 9.59 Å². The van der Waals surface area contributed by atoms with Crippen LogP contribution in [0.2, 0.25) is 0 Å². The van der Waals surface area contributed by atoms with Crippen LogP contribution in [0.5, 0.6) is 0 Å². The highest BCUT2D eigenvalue weighted by Crippen LogP contribution is 2.18. The maximum absolute atomic E-state index is 12.6. The lowest BCUT2D eigenvalue weighted by atomic mass is 10.2. The van der Waals surface area contributed by atoms with Crippen molar-refractivity contribution >= 4 is 17.6 Å². The van der Waals surface area contributed by atoms with Crippen LogP contribution in [0.15, 0.2) is 18.3 Å². The fourth-order valence-electron chi connectivity index (χ4n) is 2.71. The van der Waals surface area contributed by atoms with E-state index in [1.807, 2.05) is 13.8 Å². The molecule has 1 aliphatic heterocycles. The minimum absolute atomic E-state index is 0.0781. The molecule has 8 nitrogen and oxygen atoms in total. The summed E-state index contributed by atoms with van der Waals surface area (Å²) in [4.78, 5) is 29.5. The highest BCUT2D eigenvalue weighted by Gasteiger charge is 2.30. The summed E-state index contributed by atoms with van der Waals surface area (Å²) in [7, 11) is 0. The van der Waals surface area contributed by atoms with Crippen molar-refractivity contribution in [2.75, 3.05) is 18.5 Å². The van der Waals surface area contributed by atoms with Crippen LogP contribution in [0.25, 0.3) is 0 Å². The molecular weight excluding hydrogens is 320 g/mol. The Kier molecular flexibility index (Phi) is 6.31. The number of rotatable bonds is 7. The monoisotopic (exact) mass is 344 g/mol. The normalized spacial score (nSPS) is 18.0. The zero-order valence-electron chi connectivity index (χ0n) is 14.6. The van der Waals surface area contributed by atoms with Gasteiger partial charge in [-0.1, -0.05) is 6.92 Å². The van der Waals surface area contributed by atoms with E-state index in [1.165, 1.54) is 6.20 Å². The Bertz CT molecular complexity index is 654. The summed E-state index contributed by atoms with van der Waals surface area (Å²) in [5.74, 6) is -0.0912. The van der Waals surface area contributed by atoms with E-state index < -0.39 is 5.91 Å². The molecule has 1 fully saturated rings. The van der Waals surface area contributed by atoms with Crippen LogP contribution < -0.4 is 11.2 Å². The standard InChI is InChI=1S/C17H24N6O2/c1-3-12(2)23(11-16(24)22-8-4-5-14(22)9-18)21-15-7-6-13(10-20-15)17(19)25/h6-7,10,12,14H,3-5,8,11H2,1-2H3,(H2,19,25)(H,20,21)/t12-,14?/m0/s1. The highest BCUT2D eigenvalue weighted by atomic mass is 16.2. The van der Waals surface area contributed by atoms with Crippen LogP contribution in [0.1, 0.15) is 43.5 Å². The third-order valence-electron chi connectivity index (χ3n) is 4.46. The van der Waals surface area contributed by atoms with E-state index in [1.54, 1.807) is 22.0 Å². The SMILES string of the molecule is CC[C@H](C)N(CC(=O)N1CCCC1C#N)Nc1ccc(C(N)=O)cn1. The number of pyridine rings is 1. The van der Waals surface area contributed by atoms with E-state index in [0.717, 1.165) is 19.3 Å². The third-order valence-corrected chi connectivity index (χ3v) is 4.46. The fraction of sp³-hybridized carbons (Fsp3) is 0.529. The molecule has 0 radical (unpaired) electrons. The third kappa shape index (κ3) is 4.67. The van der Waals surface area contributed by atoms with Crippen LogP contribution in [0.3, 0.4) is 0 Å². The number of carbonyl (C=O) groups is 2. The predicted molar refractivity (Wildman–Crippen MR) is 93.2 cm³/mol. The maximum atomic E-state index is 12.6. The second-order valence-corrected chi connectivity index (χ2v) is 6.17. The molecule has 2 amide bonds. The number of nitriles is 1. The van der Waals surface area contributed by atoms with Crippen LogP contribution >= 0.6 is 0 Å². The number of amides is 2. The molecule has 1 saturated heterocycles. The Balaban J connectivity index is 2.07. The summed E-state index contributed by atoms with van der Waals surface area (Å²) >= 11 is 0. The van der Waals surface area contributed by atoms with Crippen LogP contribution in [-0.2, 0) is 4.79 Å². The summed E-state index contributed by atoms with van der Waals surface area (Å²) in [5.41, 5.74) is 8.66. The van der Waals surface area contributed by atoms with Gasteiger partial charge in [0.2, 0.25) is 11.8 Å². The van der Waals surface area contributed by atoms with Gasteiger partial charge in [-0.2, -0.15) is 5.26 Å². The number of nitrogens with one attached hydrogen (secondary N) is 1. The van der Waals surface area contributed by atoms with Crippen LogP contribution in [0.4, 0.5) is 5.82 Å². The largest absolute Gasteiger partial charge is 0.366 e. The minimum Gasteiger partial charge on any atom is -0.366 e. The molecule has 1 aromatic rings. The first-order valence-corrected chi connectivity index (χ1v) is 8.44. The van der Waals surface area contributed by atoms with Gasteiger partial charge in [-0.15, -0.1) is 0 Å². The fourth-order valence-corrected chi connectivity index (χ4v) is 2.71. The van der Waals surface area contributed by atoms with Crippen molar-refractivity contribution in [3.8, 4) is 6.07 Å². The molecule has 25 heavy (non-hydrogen) atoms. The first-order chi connectivity index (χ1) is 12.0. The van der Waals surface area contributed by atoms with Crippen molar-refractivity contribution in [1.29, 1.82) is 5.26 Å². The summed E-state index contributed by atoms with van der Waals surface area (Å²) in [6.07, 6.45) is 3.82. The molecule has 0 aromatic carbocycles. The Morgan fingerprint density at radius 3 is 2.88 bits per heavy atom.